The Hall–Kier alpha value is -0.120. The maximum Gasteiger partial charge on any atom is 0.0700 e. The number of piperidine rings is 1. The number of rotatable bonds is 3. The van der Waals surface area contributed by atoms with Crippen molar-refractivity contribution in [2.24, 2.45) is 5.92 Å². The van der Waals surface area contributed by atoms with E-state index in [1.54, 1.807) is 0 Å². The molecule has 0 saturated carbocycles. The predicted octanol–water partition coefficient (Wildman–Crippen LogP) is 1.10. The quantitative estimate of drug-likeness (QED) is 0.758. The highest BCUT2D eigenvalue weighted by atomic mass is 16.5. The van der Waals surface area contributed by atoms with Crippen molar-refractivity contribution in [1.29, 1.82) is 0 Å². The molecule has 2 heterocycles. The van der Waals surface area contributed by atoms with Crippen molar-refractivity contribution in [3.05, 3.63) is 0 Å². The van der Waals surface area contributed by atoms with E-state index in [2.05, 4.69) is 17.3 Å². The van der Waals surface area contributed by atoms with E-state index in [1.807, 2.05) is 0 Å². The Labute approximate surface area is 93.2 Å². The van der Waals surface area contributed by atoms with E-state index in [4.69, 9.17) is 4.74 Å². The second-order valence-corrected chi connectivity index (χ2v) is 5.02. The first-order valence-corrected chi connectivity index (χ1v) is 6.35. The van der Waals surface area contributed by atoms with Crippen molar-refractivity contribution in [2.75, 3.05) is 39.8 Å². The summed E-state index contributed by atoms with van der Waals surface area (Å²) in [6, 6.07) is 0. The van der Waals surface area contributed by atoms with Gasteiger partial charge in [-0.3, -0.25) is 0 Å². The molecule has 0 bridgehead atoms. The second-order valence-electron chi connectivity index (χ2n) is 5.02. The van der Waals surface area contributed by atoms with Crippen molar-refractivity contribution >= 4 is 0 Å². The first-order chi connectivity index (χ1) is 7.34. The average molecular weight is 212 g/mol. The molecule has 2 aliphatic heterocycles. The first kappa shape index (κ1) is 11.4. The van der Waals surface area contributed by atoms with Gasteiger partial charge in [0.15, 0.2) is 0 Å². The SMILES string of the molecule is CN1CCC(CCC2CNCCO2)CC1. The summed E-state index contributed by atoms with van der Waals surface area (Å²) in [5.74, 6) is 0.951. The van der Waals surface area contributed by atoms with Crippen LogP contribution in [0.4, 0.5) is 0 Å². The van der Waals surface area contributed by atoms with E-state index in [-0.39, 0.29) is 0 Å². The van der Waals surface area contributed by atoms with E-state index < -0.39 is 0 Å². The fourth-order valence-electron chi connectivity index (χ4n) is 2.58. The Kier molecular flexibility index (Phi) is 4.42. The summed E-state index contributed by atoms with van der Waals surface area (Å²) >= 11 is 0. The van der Waals surface area contributed by atoms with Crippen molar-refractivity contribution in [2.45, 2.75) is 31.8 Å². The van der Waals surface area contributed by atoms with Crippen molar-refractivity contribution in [3.8, 4) is 0 Å². The molecule has 0 spiro atoms. The maximum atomic E-state index is 5.72. The Bertz CT molecular complexity index is 172. The molecule has 1 unspecified atom stereocenters. The van der Waals surface area contributed by atoms with Gasteiger partial charge in [-0.15, -0.1) is 0 Å². The van der Waals surface area contributed by atoms with Gasteiger partial charge in [0.25, 0.3) is 0 Å². The number of ether oxygens (including phenoxy) is 1. The molecule has 88 valence electrons. The van der Waals surface area contributed by atoms with Crippen LogP contribution in [-0.4, -0.2) is 50.8 Å². The van der Waals surface area contributed by atoms with E-state index in [0.29, 0.717) is 6.10 Å². The molecular weight excluding hydrogens is 188 g/mol. The zero-order chi connectivity index (χ0) is 10.5. The van der Waals surface area contributed by atoms with Crippen molar-refractivity contribution < 1.29 is 4.74 Å². The van der Waals surface area contributed by atoms with Gasteiger partial charge in [0.05, 0.1) is 12.7 Å². The van der Waals surface area contributed by atoms with Crippen LogP contribution in [0.15, 0.2) is 0 Å². The first-order valence-electron chi connectivity index (χ1n) is 6.35. The number of likely N-dealkylation sites (tertiary alicyclic amines) is 1. The fourth-order valence-corrected chi connectivity index (χ4v) is 2.58. The number of nitrogens with one attached hydrogen (secondary N) is 1. The molecule has 1 N–H and O–H groups in total. The zero-order valence-corrected chi connectivity index (χ0v) is 9.87. The summed E-state index contributed by atoms with van der Waals surface area (Å²) in [4.78, 5) is 2.44. The molecule has 0 amide bonds. The van der Waals surface area contributed by atoms with Crippen LogP contribution >= 0.6 is 0 Å². The molecule has 2 saturated heterocycles. The van der Waals surface area contributed by atoms with E-state index in [0.717, 1.165) is 25.6 Å². The van der Waals surface area contributed by atoms with Gasteiger partial charge < -0.3 is 15.0 Å². The van der Waals surface area contributed by atoms with E-state index >= 15 is 0 Å². The molecule has 15 heavy (non-hydrogen) atoms. The third-order valence-corrected chi connectivity index (χ3v) is 3.74. The number of hydrogen-bond acceptors (Lipinski definition) is 3. The van der Waals surface area contributed by atoms with Crippen LogP contribution in [-0.2, 0) is 4.74 Å². The van der Waals surface area contributed by atoms with Crippen molar-refractivity contribution in [3.63, 3.8) is 0 Å². The zero-order valence-electron chi connectivity index (χ0n) is 9.87. The van der Waals surface area contributed by atoms with Crippen LogP contribution in [0.3, 0.4) is 0 Å². The normalized spacial score (nSPS) is 30.6. The molecule has 2 aliphatic rings. The van der Waals surface area contributed by atoms with Gasteiger partial charge in [0.2, 0.25) is 0 Å². The topological polar surface area (TPSA) is 24.5 Å². The van der Waals surface area contributed by atoms with Gasteiger partial charge in [-0.2, -0.15) is 0 Å². The van der Waals surface area contributed by atoms with Gasteiger partial charge in [-0.05, 0) is 51.7 Å². The molecule has 0 aromatic heterocycles. The van der Waals surface area contributed by atoms with Gasteiger partial charge in [0.1, 0.15) is 0 Å². The minimum Gasteiger partial charge on any atom is -0.376 e. The summed E-state index contributed by atoms with van der Waals surface area (Å²) in [6.45, 7) is 5.57. The van der Waals surface area contributed by atoms with Crippen LogP contribution < -0.4 is 5.32 Å². The monoisotopic (exact) mass is 212 g/mol. The Morgan fingerprint density at radius 3 is 2.73 bits per heavy atom. The Morgan fingerprint density at radius 2 is 2.07 bits per heavy atom. The molecule has 0 radical (unpaired) electrons. The number of hydrogen-bond donors (Lipinski definition) is 1. The lowest BCUT2D eigenvalue weighted by Crippen LogP contribution is -2.39. The van der Waals surface area contributed by atoms with Gasteiger partial charge in [-0.1, -0.05) is 0 Å². The van der Waals surface area contributed by atoms with E-state index in [1.165, 1.54) is 38.8 Å². The summed E-state index contributed by atoms with van der Waals surface area (Å²) in [5, 5.41) is 3.40. The number of morpholine rings is 1. The lowest BCUT2D eigenvalue weighted by atomic mass is 9.91. The lowest BCUT2D eigenvalue weighted by molar-refractivity contribution is 0.0180. The molecule has 0 aromatic carbocycles. The van der Waals surface area contributed by atoms with Crippen LogP contribution in [0.5, 0.6) is 0 Å². The van der Waals surface area contributed by atoms with Crippen LogP contribution in [0.25, 0.3) is 0 Å². The summed E-state index contributed by atoms with van der Waals surface area (Å²) < 4.78 is 5.72. The van der Waals surface area contributed by atoms with Crippen LogP contribution in [0.1, 0.15) is 25.7 Å². The lowest BCUT2D eigenvalue weighted by Gasteiger charge is -2.30. The number of nitrogens with zero attached hydrogens (tertiary/aromatic N) is 1. The van der Waals surface area contributed by atoms with E-state index in [9.17, 15) is 0 Å². The molecule has 0 aromatic rings. The molecule has 3 nitrogen and oxygen atoms in total. The molecular formula is C12H24N2O. The highest BCUT2D eigenvalue weighted by Crippen LogP contribution is 2.22. The average Bonchev–Trinajstić information content (AvgIpc) is 2.30. The summed E-state index contributed by atoms with van der Waals surface area (Å²) in [6.07, 6.45) is 5.87. The molecule has 0 aliphatic carbocycles. The third kappa shape index (κ3) is 3.74. The third-order valence-electron chi connectivity index (χ3n) is 3.74. The molecule has 1 atom stereocenters. The largest absolute Gasteiger partial charge is 0.376 e. The smallest absolute Gasteiger partial charge is 0.0700 e. The minimum absolute atomic E-state index is 0.485. The molecule has 2 fully saturated rings. The molecule has 3 heteroatoms. The highest BCUT2D eigenvalue weighted by molar-refractivity contribution is 4.73. The van der Waals surface area contributed by atoms with Gasteiger partial charge in [0, 0.05) is 13.1 Å². The van der Waals surface area contributed by atoms with Gasteiger partial charge >= 0.3 is 0 Å². The van der Waals surface area contributed by atoms with Crippen LogP contribution in [0.2, 0.25) is 0 Å². The Balaban J connectivity index is 1.60. The predicted molar refractivity (Wildman–Crippen MR) is 62.1 cm³/mol. The minimum atomic E-state index is 0.485. The standard InChI is InChI=1S/C12H24N2O/c1-14-7-4-11(5-8-14)2-3-12-10-13-6-9-15-12/h11-13H,2-10H2,1H3. The Morgan fingerprint density at radius 1 is 1.27 bits per heavy atom. The van der Waals surface area contributed by atoms with Gasteiger partial charge in [-0.25, -0.2) is 0 Å². The molecule has 2 rings (SSSR count). The summed E-state index contributed by atoms with van der Waals surface area (Å²) in [5.41, 5.74) is 0. The highest BCUT2D eigenvalue weighted by Gasteiger charge is 2.19. The van der Waals surface area contributed by atoms with Crippen LogP contribution in [0, 0.1) is 5.92 Å². The van der Waals surface area contributed by atoms with Crippen molar-refractivity contribution in [1.82, 2.24) is 10.2 Å². The summed E-state index contributed by atoms with van der Waals surface area (Å²) in [7, 11) is 2.23. The second kappa shape index (κ2) is 5.83. The maximum absolute atomic E-state index is 5.72. The fraction of sp³-hybridized carbons (Fsp3) is 1.00.